The third kappa shape index (κ3) is 25.7. The van der Waals surface area contributed by atoms with E-state index < -0.39 is 154 Å². The molecule has 0 unspecified atom stereocenters. The van der Waals surface area contributed by atoms with Crippen LogP contribution in [0, 0.1) is 0 Å². The van der Waals surface area contributed by atoms with Gasteiger partial charge >= 0.3 is 0 Å². The Morgan fingerprint density at radius 2 is 0.770 bits per heavy atom. The highest BCUT2D eigenvalue weighted by Gasteiger charge is 2.52. The molecule has 20 atom stereocenters. The third-order valence-electron chi connectivity index (χ3n) is 15.0. The summed E-state index contributed by atoms with van der Waals surface area (Å²) in [6.45, 7) is 0.599. The van der Waals surface area contributed by atoms with Crippen LogP contribution in [0.4, 0.5) is 0 Å². The van der Waals surface area contributed by atoms with Crippen molar-refractivity contribution in [1.82, 2.24) is 31.5 Å². The number of nitrogens with one attached hydrogen (secondary N) is 5. The Balaban J connectivity index is 1.17. The van der Waals surface area contributed by atoms with Gasteiger partial charge in [-0.1, -0.05) is 25.7 Å². The van der Waals surface area contributed by atoms with Gasteiger partial charge in [0.25, 0.3) is 0 Å². The van der Waals surface area contributed by atoms with Gasteiger partial charge in [-0.2, -0.15) is 0 Å². The molecular weight excluding hydrogens is 1160 g/mol. The summed E-state index contributed by atoms with van der Waals surface area (Å²) >= 11 is 0. The summed E-state index contributed by atoms with van der Waals surface area (Å²) in [7, 11) is 0. The molecule has 0 aliphatic carbocycles. The number of aliphatic hydroxyl groups is 13. The molecule has 33 heteroatoms. The first-order chi connectivity index (χ1) is 41.5. The molecule has 0 radical (unpaired) electrons. The molecule has 4 aliphatic rings. The second-order valence-electron chi connectivity index (χ2n) is 22.2. The average molecular weight is 1260 g/mol. The summed E-state index contributed by atoms with van der Waals surface area (Å²) in [5.74, 6) is -1.77. The van der Waals surface area contributed by atoms with Crippen molar-refractivity contribution in [3.05, 3.63) is 0 Å². The molecule has 0 aromatic heterocycles. The van der Waals surface area contributed by atoms with E-state index in [1.165, 1.54) is 18.7 Å². The van der Waals surface area contributed by atoms with Crippen molar-refractivity contribution in [3.8, 4) is 0 Å². The Labute approximate surface area is 504 Å². The number of carbonyl (C=O) groups is 6. The second-order valence-corrected chi connectivity index (χ2v) is 22.2. The Hall–Kier alpha value is -3.86. The zero-order chi connectivity index (χ0) is 64.2. The van der Waals surface area contributed by atoms with Gasteiger partial charge in [0.05, 0.1) is 58.8 Å². The van der Waals surface area contributed by atoms with Crippen LogP contribution in [-0.2, 0) is 66.7 Å². The van der Waals surface area contributed by atoms with Gasteiger partial charge in [0, 0.05) is 52.0 Å². The summed E-state index contributed by atoms with van der Waals surface area (Å²) in [4.78, 5) is 76.7. The maximum atomic E-state index is 13.1. The van der Waals surface area contributed by atoms with E-state index in [1.54, 1.807) is 0 Å². The maximum Gasteiger partial charge on any atom is 0.234 e. The van der Waals surface area contributed by atoms with Gasteiger partial charge in [0.15, 0.2) is 25.2 Å². The molecule has 4 aliphatic heterocycles. The van der Waals surface area contributed by atoms with Crippen molar-refractivity contribution in [3.63, 3.8) is 0 Å². The van der Waals surface area contributed by atoms with Crippen molar-refractivity contribution < 1.29 is 133 Å². The predicted octanol–water partition coefficient (Wildman–Crippen LogP) is -8.16. The second kappa shape index (κ2) is 40.1. The van der Waals surface area contributed by atoms with Crippen LogP contribution in [0.1, 0.15) is 97.3 Å². The molecule has 4 fully saturated rings. The van der Waals surface area contributed by atoms with E-state index in [9.17, 15) is 95.2 Å². The summed E-state index contributed by atoms with van der Waals surface area (Å²) in [5.41, 5.74) is 0. The quantitative estimate of drug-likeness (QED) is 0.0253. The molecule has 87 heavy (non-hydrogen) atoms. The molecular formula is C54H96N6O27. The smallest absolute Gasteiger partial charge is 0.234 e. The van der Waals surface area contributed by atoms with Crippen molar-refractivity contribution in [2.45, 2.75) is 220 Å². The van der Waals surface area contributed by atoms with Crippen LogP contribution < -0.4 is 26.6 Å². The average Bonchev–Trinajstić information content (AvgIpc) is 1.22. The summed E-state index contributed by atoms with van der Waals surface area (Å²) < 4.78 is 44.3. The molecule has 18 N–H and O–H groups in total. The van der Waals surface area contributed by atoms with E-state index in [4.69, 9.17) is 37.9 Å². The van der Waals surface area contributed by atoms with Crippen LogP contribution in [0.5, 0.6) is 0 Å². The number of unbranched alkanes of at least 4 members (excludes halogenated alkanes) is 7. The molecule has 0 saturated carbocycles. The van der Waals surface area contributed by atoms with Gasteiger partial charge in [-0.25, -0.2) is 0 Å². The van der Waals surface area contributed by atoms with E-state index >= 15 is 0 Å². The monoisotopic (exact) mass is 1260 g/mol. The first-order valence-electron chi connectivity index (χ1n) is 29.9. The fraction of sp³-hybridized carbons (Fsp3) is 0.889. The van der Waals surface area contributed by atoms with Crippen molar-refractivity contribution in [2.24, 2.45) is 0 Å². The van der Waals surface area contributed by atoms with Crippen molar-refractivity contribution in [2.75, 3.05) is 85.4 Å². The van der Waals surface area contributed by atoms with Crippen LogP contribution in [0.3, 0.4) is 0 Å². The molecule has 0 aromatic rings. The lowest BCUT2D eigenvalue weighted by molar-refractivity contribution is -0.366. The van der Waals surface area contributed by atoms with E-state index in [2.05, 4.69) is 26.6 Å². The lowest BCUT2D eigenvalue weighted by atomic mass is 9.96. The van der Waals surface area contributed by atoms with E-state index in [0.29, 0.717) is 57.9 Å². The van der Waals surface area contributed by atoms with Crippen LogP contribution in [0.25, 0.3) is 0 Å². The Morgan fingerprint density at radius 3 is 1.24 bits per heavy atom. The number of Topliss-reactive ketones (excluding diaryl/α,β-unsaturated/α-hetero) is 1. The SMILES string of the molecule is CC(=O)CCCCCCNC(=O)CN(CC(=O)NCCCCCC(=O)NCCO[C@@H]1O[C@@H](C)[C@@H](O)[C@@H](O)[C@@H]1O)CC(=O)NCCCCCC(=O)NCCO[C@H]1O[C@H](CO[C@H]2O[C@H](CO)[C@@H](O)[C@H](O)[C@@H]2O)[C@@H](O)[C@H](O[C@H]2O[C@H](CO)[C@@H](O)[C@H](O)[C@@H]2O)[C@@H]1O. The minimum absolute atomic E-state index is 0.00948. The van der Waals surface area contributed by atoms with Gasteiger partial charge in [-0.3, -0.25) is 28.9 Å². The number of carbonyl (C=O) groups excluding carboxylic acids is 6. The third-order valence-corrected chi connectivity index (χ3v) is 15.0. The minimum atomic E-state index is -1.94. The first kappa shape index (κ1) is 75.6. The number of ketones is 1. The molecule has 33 nitrogen and oxygen atoms in total. The highest BCUT2D eigenvalue weighted by molar-refractivity contribution is 5.84. The van der Waals surface area contributed by atoms with Crippen LogP contribution in [-0.4, -0.2) is 315 Å². The number of rotatable bonds is 40. The number of hydrogen-bond acceptors (Lipinski definition) is 28. The normalized spacial score (nSPS) is 32.7. The lowest BCUT2D eigenvalue weighted by Gasteiger charge is -2.46. The molecule has 5 amide bonds. The number of ether oxygens (including phenoxy) is 8. The fourth-order valence-corrected chi connectivity index (χ4v) is 9.78. The largest absolute Gasteiger partial charge is 0.394 e. The predicted molar refractivity (Wildman–Crippen MR) is 295 cm³/mol. The summed E-state index contributed by atoms with van der Waals surface area (Å²) in [5, 5.41) is 147. The standard InChI is InChI=1S/C54H96N6O27/c1-29(63)13-7-3-4-10-16-55-36(66)23-60(24-37(67)56-17-11-5-8-14-34(64)58-19-21-80-51-46(76)43(73)39(69)30(2)83-51)25-38(68)57-18-12-6-9-15-35(65)59-20-22-81-53-49(79)50(87-54-48(78)45(75)41(71)32(27-62)85-54)42(72)33(86-53)28-82-52-47(77)44(74)40(70)31(26-61)84-52/h30-33,39-54,61-62,69-79H,3-28H2,1-2H3,(H,55,66)(H,56,67)(H,57,68)(H,58,64)(H,59,65)/t30-,31+,32+,33+,39+,40+,41+,42+,43+,44-,45-,46-,47-,48-,49-,50-,51+,52-,53-,54+/m0/s1. The summed E-state index contributed by atoms with van der Waals surface area (Å²) in [6, 6.07) is 0. The number of hydrogen-bond donors (Lipinski definition) is 18. The van der Waals surface area contributed by atoms with Gasteiger partial charge in [-0.15, -0.1) is 0 Å². The van der Waals surface area contributed by atoms with E-state index in [-0.39, 0.29) is 95.4 Å². The molecule has 0 spiro atoms. The first-order valence-corrected chi connectivity index (χ1v) is 29.9. The van der Waals surface area contributed by atoms with Crippen LogP contribution >= 0.6 is 0 Å². The van der Waals surface area contributed by atoms with E-state index in [0.717, 1.165) is 19.3 Å². The van der Waals surface area contributed by atoms with Gasteiger partial charge in [0.1, 0.15) is 97.3 Å². The number of amides is 5. The minimum Gasteiger partial charge on any atom is -0.394 e. The Kier molecular flexibility index (Phi) is 34.8. The van der Waals surface area contributed by atoms with E-state index in [1.807, 2.05) is 0 Å². The van der Waals surface area contributed by atoms with Crippen LogP contribution in [0.15, 0.2) is 0 Å². The van der Waals surface area contributed by atoms with Crippen molar-refractivity contribution >= 4 is 35.3 Å². The molecule has 4 rings (SSSR count). The van der Waals surface area contributed by atoms with Gasteiger partial charge < -0.3 is 136 Å². The zero-order valence-electron chi connectivity index (χ0n) is 49.4. The Morgan fingerprint density at radius 1 is 0.391 bits per heavy atom. The zero-order valence-corrected chi connectivity index (χ0v) is 49.4. The van der Waals surface area contributed by atoms with Crippen molar-refractivity contribution in [1.29, 1.82) is 0 Å². The molecule has 0 bridgehead atoms. The highest BCUT2D eigenvalue weighted by atomic mass is 16.8. The lowest BCUT2D eigenvalue weighted by Crippen LogP contribution is -2.65. The molecule has 4 heterocycles. The van der Waals surface area contributed by atoms with Gasteiger partial charge in [0.2, 0.25) is 29.5 Å². The molecule has 0 aromatic carbocycles. The maximum absolute atomic E-state index is 13.1. The topological polar surface area (TPSA) is 503 Å². The highest BCUT2D eigenvalue weighted by Crippen LogP contribution is 2.31. The molecule has 504 valence electrons. The number of aliphatic hydroxyl groups excluding tert-OH is 13. The fourth-order valence-electron chi connectivity index (χ4n) is 9.78. The Bertz CT molecular complexity index is 2040. The van der Waals surface area contributed by atoms with Crippen LogP contribution in [0.2, 0.25) is 0 Å². The summed E-state index contributed by atoms with van der Waals surface area (Å²) in [6.07, 6.45) is -25.0. The van der Waals surface area contributed by atoms with Gasteiger partial charge in [-0.05, 0) is 52.4 Å². The molecule has 4 saturated heterocycles. The number of nitrogens with zero attached hydrogens (tertiary/aromatic N) is 1.